The van der Waals surface area contributed by atoms with Crippen LogP contribution in [0.3, 0.4) is 0 Å². The first-order chi connectivity index (χ1) is 17.4. The van der Waals surface area contributed by atoms with Crippen molar-refractivity contribution in [3.8, 4) is 11.5 Å². The highest BCUT2D eigenvalue weighted by Gasteiger charge is 2.37. The Kier molecular flexibility index (Phi) is 8.71. The monoisotopic (exact) mass is 574 g/mol. The van der Waals surface area contributed by atoms with Crippen molar-refractivity contribution in [2.75, 3.05) is 39.5 Å². The number of nitrogens with zero attached hydrogens (tertiary/aromatic N) is 2. The average Bonchev–Trinajstić information content (AvgIpc) is 3.11. The van der Waals surface area contributed by atoms with Crippen LogP contribution in [0.2, 0.25) is 0 Å². The molecule has 4 rings (SSSR count). The van der Waals surface area contributed by atoms with Crippen molar-refractivity contribution >= 4 is 50.8 Å². The normalized spacial score (nSPS) is 17.1. The van der Waals surface area contributed by atoms with Crippen LogP contribution >= 0.6 is 27.7 Å². The molecule has 0 spiro atoms. The van der Waals surface area contributed by atoms with Crippen LogP contribution < -0.4 is 9.47 Å². The summed E-state index contributed by atoms with van der Waals surface area (Å²) in [5, 5.41) is -0.463. The largest absolute Gasteiger partial charge is 0.490 e. The van der Waals surface area contributed by atoms with Crippen molar-refractivity contribution in [3.63, 3.8) is 0 Å². The Hall–Kier alpha value is -2.82. The van der Waals surface area contributed by atoms with Crippen molar-refractivity contribution in [1.29, 1.82) is 0 Å². The summed E-state index contributed by atoms with van der Waals surface area (Å²) < 4.78 is 17.8. The molecule has 0 aliphatic carbocycles. The van der Waals surface area contributed by atoms with Crippen LogP contribution in [0.25, 0.3) is 6.08 Å². The summed E-state index contributed by atoms with van der Waals surface area (Å²) in [5.41, 5.74) is 2.85. The number of amides is 3. The predicted octanol–water partition coefficient (Wildman–Crippen LogP) is 4.63. The molecule has 2 aromatic carbocycles. The number of ether oxygens (including phenoxy) is 3. The summed E-state index contributed by atoms with van der Waals surface area (Å²) in [5.74, 6) is 0.325. The van der Waals surface area contributed by atoms with Crippen molar-refractivity contribution < 1.29 is 28.6 Å². The van der Waals surface area contributed by atoms with E-state index in [1.165, 1.54) is 0 Å². The molecule has 36 heavy (non-hydrogen) atoms. The second-order valence-electron chi connectivity index (χ2n) is 8.30. The van der Waals surface area contributed by atoms with Crippen molar-refractivity contribution in [3.05, 3.63) is 62.5 Å². The molecule has 8 nitrogen and oxygen atoms in total. The van der Waals surface area contributed by atoms with Gasteiger partial charge in [0.2, 0.25) is 5.91 Å². The maximum absolute atomic E-state index is 12.9. The molecule has 0 N–H and O–H groups in total. The quantitative estimate of drug-likeness (QED) is 0.425. The van der Waals surface area contributed by atoms with Crippen LogP contribution in [0.5, 0.6) is 11.5 Å². The maximum atomic E-state index is 12.9. The first-order valence-corrected chi connectivity index (χ1v) is 13.2. The number of aryl methyl sites for hydroxylation is 1. The molecule has 3 amide bonds. The van der Waals surface area contributed by atoms with Gasteiger partial charge in [0.25, 0.3) is 11.1 Å². The molecule has 0 saturated carbocycles. The molecule has 190 valence electrons. The minimum absolute atomic E-state index is 0.248. The smallest absolute Gasteiger partial charge is 0.294 e. The fourth-order valence-corrected chi connectivity index (χ4v) is 5.28. The lowest BCUT2D eigenvalue weighted by Crippen LogP contribution is -2.46. The zero-order chi connectivity index (χ0) is 25.7. The molecule has 2 aliphatic heterocycles. The number of benzene rings is 2. The Bertz CT molecular complexity index is 1190. The molecular formula is C26H27BrN2O6S. The van der Waals surface area contributed by atoms with Gasteiger partial charge in [-0.3, -0.25) is 19.3 Å². The van der Waals surface area contributed by atoms with E-state index in [2.05, 4.69) is 22.0 Å². The van der Waals surface area contributed by atoms with E-state index in [0.717, 1.165) is 27.8 Å². The summed E-state index contributed by atoms with van der Waals surface area (Å²) in [4.78, 5) is 40.9. The van der Waals surface area contributed by atoms with Gasteiger partial charge in [-0.2, -0.15) is 0 Å². The van der Waals surface area contributed by atoms with E-state index in [9.17, 15) is 14.4 Å². The number of thioether (sulfide) groups is 1. The number of morpholine rings is 1. The van der Waals surface area contributed by atoms with Crippen LogP contribution in [0.15, 0.2) is 45.8 Å². The first-order valence-electron chi connectivity index (χ1n) is 11.6. The lowest BCUT2D eigenvalue weighted by Gasteiger charge is -2.28. The number of hydrogen-bond acceptors (Lipinski definition) is 7. The molecule has 0 aromatic heterocycles. The average molecular weight is 575 g/mol. The van der Waals surface area contributed by atoms with Gasteiger partial charge < -0.3 is 19.1 Å². The van der Waals surface area contributed by atoms with Gasteiger partial charge in [-0.25, -0.2) is 0 Å². The van der Waals surface area contributed by atoms with Crippen molar-refractivity contribution in [1.82, 2.24) is 9.80 Å². The molecule has 0 atom stereocenters. The third kappa shape index (κ3) is 6.29. The number of carbonyl (C=O) groups is 3. The van der Waals surface area contributed by atoms with E-state index >= 15 is 0 Å². The molecule has 2 aliphatic rings. The summed E-state index contributed by atoms with van der Waals surface area (Å²) >= 11 is 4.38. The molecule has 0 radical (unpaired) electrons. The van der Waals surface area contributed by atoms with E-state index in [4.69, 9.17) is 14.2 Å². The third-order valence-corrected chi connectivity index (χ3v) is 7.12. The van der Waals surface area contributed by atoms with Crippen LogP contribution in [0, 0.1) is 6.92 Å². The molecule has 2 heterocycles. The van der Waals surface area contributed by atoms with Gasteiger partial charge in [-0.05, 0) is 70.9 Å². The lowest BCUT2D eigenvalue weighted by atomic mass is 10.1. The molecule has 0 bridgehead atoms. The second kappa shape index (κ2) is 11.9. The molecule has 2 aromatic rings. The molecule has 2 saturated heterocycles. The van der Waals surface area contributed by atoms with Gasteiger partial charge in [0.1, 0.15) is 13.2 Å². The standard InChI is InChI=1S/C26H27BrN2O6S/c1-3-34-21-13-19(12-20(27)24(21)35-16-18-6-4-5-17(2)11-18)14-22-25(31)29(26(32)36-22)15-23(30)28-7-9-33-10-8-28/h4-6,11-14H,3,7-10,15-16H2,1-2H3/b22-14+. The Morgan fingerprint density at radius 3 is 2.67 bits per heavy atom. The summed E-state index contributed by atoms with van der Waals surface area (Å²) in [6.07, 6.45) is 1.63. The zero-order valence-electron chi connectivity index (χ0n) is 20.1. The lowest BCUT2D eigenvalue weighted by molar-refractivity contribution is -0.139. The Balaban J connectivity index is 1.50. The van der Waals surface area contributed by atoms with Gasteiger partial charge in [0.15, 0.2) is 11.5 Å². The zero-order valence-corrected chi connectivity index (χ0v) is 22.5. The van der Waals surface area contributed by atoms with E-state index in [-0.39, 0.29) is 17.4 Å². The topological polar surface area (TPSA) is 85.4 Å². The van der Waals surface area contributed by atoms with Gasteiger partial charge >= 0.3 is 0 Å². The SMILES string of the molecule is CCOc1cc(/C=C2/SC(=O)N(CC(=O)N3CCOCC3)C2=O)cc(Br)c1OCc1cccc(C)c1. The fraction of sp³-hybridized carbons (Fsp3) is 0.346. The maximum Gasteiger partial charge on any atom is 0.294 e. The van der Waals surface area contributed by atoms with E-state index < -0.39 is 11.1 Å². The van der Waals surface area contributed by atoms with Crippen LogP contribution in [0.1, 0.15) is 23.6 Å². The molecular weight excluding hydrogens is 548 g/mol. The predicted molar refractivity (Wildman–Crippen MR) is 141 cm³/mol. The highest BCUT2D eigenvalue weighted by molar-refractivity contribution is 9.10. The van der Waals surface area contributed by atoms with Gasteiger partial charge in [-0.15, -0.1) is 0 Å². The van der Waals surface area contributed by atoms with Gasteiger partial charge in [-0.1, -0.05) is 29.8 Å². The van der Waals surface area contributed by atoms with Crippen molar-refractivity contribution in [2.24, 2.45) is 0 Å². The Labute approximate surface area is 222 Å². The van der Waals surface area contributed by atoms with Crippen LogP contribution in [0.4, 0.5) is 4.79 Å². The minimum atomic E-state index is -0.486. The highest BCUT2D eigenvalue weighted by Crippen LogP contribution is 2.39. The number of hydrogen-bond donors (Lipinski definition) is 0. The fourth-order valence-electron chi connectivity index (χ4n) is 3.87. The second-order valence-corrected chi connectivity index (χ2v) is 10.1. The van der Waals surface area contributed by atoms with Crippen LogP contribution in [-0.4, -0.2) is 66.3 Å². The molecule has 0 unspecified atom stereocenters. The number of halogens is 1. The first kappa shape index (κ1) is 26.2. The Morgan fingerprint density at radius 1 is 1.17 bits per heavy atom. The number of imide groups is 1. The summed E-state index contributed by atoms with van der Waals surface area (Å²) in [6.45, 7) is 6.25. The molecule has 10 heteroatoms. The highest BCUT2D eigenvalue weighted by atomic mass is 79.9. The van der Waals surface area contributed by atoms with E-state index in [1.807, 2.05) is 32.0 Å². The minimum Gasteiger partial charge on any atom is -0.490 e. The van der Waals surface area contributed by atoms with Gasteiger partial charge in [0.05, 0.1) is 29.2 Å². The van der Waals surface area contributed by atoms with Crippen LogP contribution in [-0.2, 0) is 20.9 Å². The number of rotatable bonds is 8. The number of carbonyl (C=O) groups excluding carboxylic acids is 3. The Morgan fingerprint density at radius 2 is 1.94 bits per heavy atom. The van der Waals surface area contributed by atoms with E-state index in [1.54, 1.807) is 23.1 Å². The van der Waals surface area contributed by atoms with Gasteiger partial charge in [0, 0.05) is 13.1 Å². The summed E-state index contributed by atoms with van der Waals surface area (Å²) in [6, 6.07) is 11.6. The van der Waals surface area contributed by atoms with E-state index in [0.29, 0.717) is 61.1 Å². The molecule has 2 fully saturated rings. The summed E-state index contributed by atoms with van der Waals surface area (Å²) in [7, 11) is 0. The van der Waals surface area contributed by atoms with Crippen molar-refractivity contribution in [2.45, 2.75) is 20.5 Å². The third-order valence-electron chi connectivity index (χ3n) is 5.63.